The molecule has 0 heteroatoms. The van der Waals surface area contributed by atoms with Crippen LogP contribution in [-0.2, 0) is 0 Å². The van der Waals surface area contributed by atoms with Crippen LogP contribution in [0.4, 0.5) is 0 Å². The Bertz CT molecular complexity index is 1290. The fourth-order valence-electron chi connectivity index (χ4n) is 4.00. The van der Waals surface area contributed by atoms with Crippen LogP contribution in [0.3, 0.4) is 0 Å². The summed E-state index contributed by atoms with van der Waals surface area (Å²) in [6, 6.07) is 33.5. The molecule has 0 saturated heterocycles. The lowest BCUT2D eigenvalue weighted by Crippen LogP contribution is -1.87. The third-order valence-corrected chi connectivity index (χ3v) is 5.61. The first-order valence-corrected chi connectivity index (χ1v) is 9.65. The van der Waals surface area contributed by atoms with Gasteiger partial charge in [0.25, 0.3) is 0 Å². The molecule has 0 spiro atoms. The van der Waals surface area contributed by atoms with Gasteiger partial charge in [-0.15, -0.1) is 0 Å². The summed E-state index contributed by atoms with van der Waals surface area (Å²) in [6.45, 7) is 4.50. The van der Waals surface area contributed by atoms with E-state index in [1.165, 1.54) is 49.0 Å². The first-order chi connectivity index (χ1) is 13.2. The van der Waals surface area contributed by atoms with Crippen molar-refractivity contribution in [2.45, 2.75) is 19.8 Å². The summed E-state index contributed by atoms with van der Waals surface area (Å²) in [5.41, 5.74) is 3.94. The van der Waals surface area contributed by atoms with Crippen molar-refractivity contribution in [1.29, 1.82) is 0 Å². The van der Waals surface area contributed by atoms with Crippen LogP contribution in [0.5, 0.6) is 0 Å². The molecule has 0 aliphatic rings. The third-order valence-electron chi connectivity index (χ3n) is 5.61. The smallest absolute Gasteiger partial charge is 0.0105 e. The first-order valence-electron chi connectivity index (χ1n) is 9.65. The Balaban J connectivity index is 1.66. The fraction of sp³-hybridized carbons (Fsp3) is 0.111. The number of fused-ring (bicyclic) bond motifs is 4. The number of rotatable bonds is 2. The van der Waals surface area contributed by atoms with Crippen LogP contribution in [0.2, 0.25) is 0 Å². The largest absolute Gasteiger partial charge is 0.0616 e. The van der Waals surface area contributed by atoms with E-state index in [0.29, 0.717) is 5.92 Å². The maximum Gasteiger partial charge on any atom is -0.0105 e. The highest BCUT2D eigenvalue weighted by molar-refractivity contribution is 6.08. The van der Waals surface area contributed by atoms with Gasteiger partial charge in [-0.2, -0.15) is 0 Å². The van der Waals surface area contributed by atoms with Crippen molar-refractivity contribution >= 4 is 32.3 Å². The van der Waals surface area contributed by atoms with Crippen LogP contribution in [0.15, 0.2) is 91.0 Å². The van der Waals surface area contributed by atoms with E-state index in [-0.39, 0.29) is 0 Å². The maximum atomic E-state index is 2.33. The van der Waals surface area contributed by atoms with Gasteiger partial charge in [0.15, 0.2) is 0 Å². The van der Waals surface area contributed by atoms with E-state index >= 15 is 0 Å². The fourth-order valence-corrected chi connectivity index (χ4v) is 4.00. The van der Waals surface area contributed by atoms with Gasteiger partial charge in [-0.3, -0.25) is 0 Å². The summed E-state index contributed by atoms with van der Waals surface area (Å²) >= 11 is 0. The monoisotopic (exact) mass is 346 g/mol. The minimum atomic E-state index is 0.556. The van der Waals surface area contributed by atoms with Crippen molar-refractivity contribution in [2.24, 2.45) is 0 Å². The van der Waals surface area contributed by atoms with Crippen LogP contribution in [0.25, 0.3) is 43.4 Å². The molecule has 5 aromatic carbocycles. The van der Waals surface area contributed by atoms with Crippen molar-refractivity contribution in [3.63, 3.8) is 0 Å². The van der Waals surface area contributed by atoms with Gasteiger partial charge in [0.05, 0.1) is 0 Å². The maximum absolute atomic E-state index is 2.33. The summed E-state index contributed by atoms with van der Waals surface area (Å²) in [7, 11) is 0. The predicted octanol–water partition coefficient (Wildman–Crippen LogP) is 7.94. The van der Waals surface area contributed by atoms with Crippen LogP contribution >= 0.6 is 0 Å². The van der Waals surface area contributed by atoms with E-state index in [4.69, 9.17) is 0 Å². The summed E-state index contributed by atoms with van der Waals surface area (Å²) in [4.78, 5) is 0. The Morgan fingerprint density at radius 2 is 1.04 bits per heavy atom. The second-order valence-electron chi connectivity index (χ2n) is 7.70. The van der Waals surface area contributed by atoms with Crippen molar-refractivity contribution in [1.82, 2.24) is 0 Å². The zero-order valence-corrected chi connectivity index (χ0v) is 15.7. The molecule has 0 aliphatic carbocycles. The van der Waals surface area contributed by atoms with Crippen LogP contribution < -0.4 is 0 Å². The van der Waals surface area contributed by atoms with Gasteiger partial charge in [0.2, 0.25) is 0 Å². The standard InChI is InChI=1S/C27H22/c1-18(2)20-11-13-26-24(15-20)9-10-25-17-23(12-14-27(25)26)22-8-7-19-5-3-4-6-21(19)16-22/h3-18H,1-2H3. The summed E-state index contributed by atoms with van der Waals surface area (Å²) in [6.07, 6.45) is 0. The second-order valence-corrected chi connectivity index (χ2v) is 7.70. The van der Waals surface area contributed by atoms with E-state index in [0.717, 1.165) is 0 Å². The lowest BCUT2D eigenvalue weighted by Gasteiger charge is -2.11. The van der Waals surface area contributed by atoms with Gasteiger partial charge in [-0.25, -0.2) is 0 Å². The molecular formula is C27H22. The molecule has 0 N–H and O–H groups in total. The van der Waals surface area contributed by atoms with E-state index in [1.807, 2.05) is 0 Å². The van der Waals surface area contributed by atoms with Gasteiger partial charge in [0.1, 0.15) is 0 Å². The molecule has 0 bridgehead atoms. The summed E-state index contributed by atoms with van der Waals surface area (Å²) < 4.78 is 0. The summed E-state index contributed by atoms with van der Waals surface area (Å²) in [5.74, 6) is 0.556. The molecule has 0 unspecified atom stereocenters. The molecule has 0 aliphatic heterocycles. The Labute approximate surface area is 160 Å². The van der Waals surface area contributed by atoms with Crippen molar-refractivity contribution in [2.75, 3.05) is 0 Å². The number of hydrogen-bond acceptors (Lipinski definition) is 0. The zero-order chi connectivity index (χ0) is 18.4. The minimum absolute atomic E-state index is 0.556. The minimum Gasteiger partial charge on any atom is -0.0616 e. The quantitative estimate of drug-likeness (QED) is 0.285. The molecule has 0 nitrogen and oxygen atoms in total. The highest BCUT2D eigenvalue weighted by Crippen LogP contribution is 2.32. The Morgan fingerprint density at radius 3 is 1.78 bits per heavy atom. The Morgan fingerprint density at radius 1 is 0.481 bits per heavy atom. The predicted molar refractivity (Wildman–Crippen MR) is 118 cm³/mol. The number of benzene rings is 5. The molecule has 0 aromatic heterocycles. The van der Waals surface area contributed by atoms with Gasteiger partial charge in [-0.05, 0) is 67.1 Å². The van der Waals surface area contributed by atoms with Crippen LogP contribution in [-0.4, -0.2) is 0 Å². The van der Waals surface area contributed by atoms with Gasteiger partial charge < -0.3 is 0 Å². The lowest BCUT2D eigenvalue weighted by atomic mass is 9.94. The zero-order valence-electron chi connectivity index (χ0n) is 15.7. The van der Waals surface area contributed by atoms with E-state index in [1.54, 1.807) is 0 Å². The lowest BCUT2D eigenvalue weighted by molar-refractivity contribution is 0.869. The molecule has 0 atom stereocenters. The highest BCUT2D eigenvalue weighted by Gasteiger charge is 2.06. The molecule has 5 aromatic rings. The first kappa shape index (κ1) is 16.1. The van der Waals surface area contributed by atoms with E-state index in [9.17, 15) is 0 Å². The second kappa shape index (κ2) is 6.25. The van der Waals surface area contributed by atoms with Gasteiger partial charge in [-0.1, -0.05) is 92.7 Å². The molecule has 0 radical (unpaired) electrons. The summed E-state index contributed by atoms with van der Waals surface area (Å²) in [5, 5.41) is 7.86. The molecule has 5 rings (SSSR count). The Hall–Kier alpha value is -3.12. The topological polar surface area (TPSA) is 0 Å². The molecular weight excluding hydrogens is 324 g/mol. The SMILES string of the molecule is CC(C)c1ccc2c(ccc3cc(-c4ccc5ccccc5c4)ccc32)c1. The Kier molecular flexibility index (Phi) is 3.72. The third kappa shape index (κ3) is 2.78. The van der Waals surface area contributed by atoms with Gasteiger partial charge in [0, 0.05) is 0 Å². The van der Waals surface area contributed by atoms with Crippen molar-refractivity contribution in [3.05, 3.63) is 96.6 Å². The highest BCUT2D eigenvalue weighted by atomic mass is 14.1. The molecule has 0 saturated carbocycles. The number of hydrogen-bond donors (Lipinski definition) is 0. The van der Waals surface area contributed by atoms with Crippen molar-refractivity contribution < 1.29 is 0 Å². The molecule has 27 heavy (non-hydrogen) atoms. The van der Waals surface area contributed by atoms with Crippen molar-refractivity contribution in [3.8, 4) is 11.1 Å². The van der Waals surface area contributed by atoms with E-state index < -0.39 is 0 Å². The molecule has 130 valence electrons. The van der Waals surface area contributed by atoms with E-state index in [2.05, 4.69) is 105 Å². The normalized spacial score (nSPS) is 11.7. The van der Waals surface area contributed by atoms with Crippen LogP contribution in [0.1, 0.15) is 25.3 Å². The molecule has 0 heterocycles. The average Bonchev–Trinajstić information content (AvgIpc) is 2.72. The van der Waals surface area contributed by atoms with Crippen LogP contribution in [0, 0.1) is 0 Å². The molecule has 0 amide bonds. The van der Waals surface area contributed by atoms with Gasteiger partial charge >= 0.3 is 0 Å². The molecule has 0 fully saturated rings. The average molecular weight is 346 g/mol.